The molecular weight excluding hydrogens is 338 g/mol. The summed E-state index contributed by atoms with van der Waals surface area (Å²) in [6, 6.07) is 6.62. The minimum absolute atomic E-state index is 0.143. The number of carbonyl (C=O) groups is 2. The zero-order chi connectivity index (χ0) is 18.2. The molecule has 1 aromatic rings. The molecule has 1 rings (SSSR count). The number of oxime groups is 1. The summed E-state index contributed by atoms with van der Waals surface area (Å²) in [4.78, 5) is 27.6. The molecule has 8 nitrogen and oxygen atoms in total. The van der Waals surface area contributed by atoms with E-state index in [1.807, 2.05) is 0 Å². The van der Waals surface area contributed by atoms with Crippen molar-refractivity contribution in [2.24, 2.45) is 5.16 Å². The highest BCUT2D eigenvalue weighted by molar-refractivity contribution is 7.91. The predicted molar refractivity (Wildman–Crippen MR) is 86.8 cm³/mol. The summed E-state index contributed by atoms with van der Waals surface area (Å²) in [6.45, 7) is 0. The Morgan fingerprint density at radius 2 is 1.88 bits per heavy atom. The van der Waals surface area contributed by atoms with Gasteiger partial charge in [-0.3, -0.25) is 0 Å². The highest BCUT2D eigenvalue weighted by Crippen LogP contribution is 2.19. The van der Waals surface area contributed by atoms with Gasteiger partial charge in [0, 0.05) is 17.4 Å². The Morgan fingerprint density at radius 1 is 1.21 bits per heavy atom. The van der Waals surface area contributed by atoms with E-state index in [1.54, 1.807) is 24.3 Å². The zero-order valence-corrected chi connectivity index (χ0v) is 14.2. The molecule has 0 spiro atoms. The van der Waals surface area contributed by atoms with Crippen molar-refractivity contribution >= 4 is 33.6 Å². The Hall–Kier alpha value is -2.68. The first-order chi connectivity index (χ1) is 11.3. The Balaban J connectivity index is 3.02. The number of esters is 1. The van der Waals surface area contributed by atoms with E-state index in [1.165, 1.54) is 26.7 Å². The van der Waals surface area contributed by atoms with Gasteiger partial charge in [-0.1, -0.05) is 29.4 Å². The Bertz CT molecular complexity index is 766. The number of rotatable bonds is 7. The van der Waals surface area contributed by atoms with E-state index < -0.39 is 27.5 Å². The fraction of sp³-hybridized carbons (Fsp3) is 0.267. The van der Waals surface area contributed by atoms with Crippen LogP contribution in [-0.2, 0) is 33.7 Å². The lowest BCUT2D eigenvalue weighted by Crippen LogP contribution is -2.15. The van der Waals surface area contributed by atoms with E-state index in [9.17, 15) is 18.0 Å². The van der Waals surface area contributed by atoms with Crippen LogP contribution in [0.4, 0.5) is 0 Å². The monoisotopic (exact) mass is 355 g/mol. The summed E-state index contributed by atoms with van der Waals surface area (Å²) in [6.07, 6.45) is 3.31. The molecule has 0 amide bonds. The molecule has 0 aliphatic rings. The minimum atomic E-state index is -3.50. The van der Waals surface area contributed by atoms with E-state index in [2.05, 4.69) is 14.7 Å². The summed E-state index contributed by atoms with van der Waals surface area (Å²) >= 11 is 0. The van der Waals surface area contributed by atoms with E-state index in [-0.39, 0.29) is 5.57 Å². The third-order valence-electron chi connectivity index (χ3n) is 2.62. The Labute approximate surface area is 139 Å². The third-order valence-corrected chi connectivity index (χ3v) is 3.38. The molecule has 0 heterocycles. The predicted octanol–water partition coefficient (Wildman–Crippen LogP) is 0.769. The molecule has 0 radical (unpaired) electrons. The van der Waals surface area contributed by atoms with Gasteiger partial charge in [-0.15, -0.1) is 0 Å². The van der Waals surface area contributed by atoms with Gasteiger partial charge in [0.05, 0.1) is 26.7 Å². The average Bonchev–Trinajstić information content (AvgIpc) is 2.51. The van der Waals surface area contributed by atoms with Crippen molar-refractivity contribution in [3.05, 3.63) is 41.7 Å². The highest BCUT2D eigenvalue weighted by Gasteiger charge is 2.16. The fourth-order valence-electron chi connectivity index (χ4n) is 1.69. The van der Waals surface area contributed by atoms with E-state index in [4.69, 9.17) is 4.74 Å². The fourth-order valence-corrected chi connectivity index (χ4v) is 2.17. The van der Waals surface area contributed by atoms with Crippen LogP contribution in [0.1, 0.15) is 11.1 Å². The molecule has 1 aromatic carbocycles. The van der Waals surface area contributed by atoms with Crippen LogP contribution in [0.5, 0.6) is 0 Å². The van der Waals surface area contributed by atoms with Crippen LogP contribution >= 0.6 is 0 Å². The van der Waals surface area contributed by atoms with E-state index in [0.29, 0.717) is 11.1 Å². The number of hydrogen-bond donors (Lipinski definition) is 0. The molecule has 9 heteroatoms. The standard InChI is InChI=1S/C15H17NO7S/c1-21-9-13(15(18)22-2)12-7-5-4-6-11(12)8-16-23-14(17)10-24(3,19)20/h4-9H,10H2,1-3H3/b13-9-,16-8+. The van der Waals surface area contributed by atoms with Gasteiger partial charge in [0.15, 0.2) is 9.84 Å². The molecular formula is C15H17NO7S. The maximum absolute atomic E-state index is 11.8. The maximum atomic E-state index is 11.8. The van der Waals surface area contributed by atoms with Crippen LogP contribution in [0.25, 0.3) is 5.57 Å². The highest BCUT2D eigenvalue weighted by atomic mass is 32.2. The van der Waals surface area contributed by atoms with Crippen LogP contribution in [0, 0.1) is 0 Å². The second-order valence-electron chi connectivity index (χ2n) is 4.61. The molecule has 0 fully saturated rings. The van der Waals surface area contributed by atoms with Crippen molar-refractivity contribution < 1.29 is 32.3 Å². The van der Waals surface area contributed by atoms with Gasteiger partial charge in [-0.25, -0.2) is 18.0 Å². The van der Waals surface area contributed by atoms with Gasteiger partial charge in [-0.2, -0.15) is 0 Å². The molecule has 0 saturated carbocycles. The van der Waals surface area contributed by atoms with Gasteiger partial charge in [0.25, 0.3) is 0 Å². The largest absolute Gasteiger partial charge is 0.503 e. The van der Waals surface area contributed by atoms with Crippen LogP contribution in [-0.4, -0.2) is 52.8 Å². The van der Waals surface area contributed by atoms with Crippen LogP contribution in [0.15, 0.2) is 35.7 Å². The van der Waals surface area contributed by atoms with Gasteiger partial charge in [0.2, 0.25) is 0 Å². The Morgan fingerprint density at radius 3 is 2.46 bits per heavy atom. The van der Waals surface area contributed by atoms with E-state index in [0.717, 1.165) is 6.26 Å². The molecule has 0 aromatic heterocycles. The number of hydrogen-bond acceptors (Lipinski definition) is 8. The topological polar surface area (TPSA) is 108 Å². The molecule has 0 aliphatic carbocycles. The van der Waals surface area contributed by atoms with Crippen molar-refractivity contribution in [3.63, 3.8) is 0 Å². The van der Waals surface area contributed by atoms with Crippen molar-refractivity contribution in [3.8, 4) is 0 Å². The van der Waals surface area contributed by atoms with E-state index >= 15 is 0 Å². The number of nitrogens with zero attached hydrogens (tertiary/aromatic N) is 1. The first-order valence-electron chi connectivity index (χ1n) is 6.60. The summed E-state index contributed by atoms with van der Waals surface area (Å²) in [5.41, 5.74) is 1.02. The van der Waals surface area contributed by atoms with Gasteiger partial charge >= 0.3 is 11.9 Å². The number of sulfone groups is 1. The minimum Gasteiger partial charge on any atom is -0.503 e. The second-order valence-corrected chi connectivity index (χ2v) is 6.75. The third kappa shape index (κ3) is 6.21. The molecule has 0 saturated heterocycles. The van der Waals surface area contributed by atoms with Crippen molar-refractivity contribution in [2.75, 3.05) is 26.2 Å². The summed E-state index contributed by atoms with van der Waals surface area (Å²) in [5.74, 6) is -2.40. The zero-order valence-electron chi connectivity index (χ0n) is 13.4. The SMILES string of the molecule is CO/C=C(\C(=O)OC)c1ccccc1/C=N/OC(=O)CS(C)(=O)=O. The molecule has 0 unspecified atom stereocenters. The normalized spacial score (nSPS) is 12.0. The molecule has 130 valence electrons. The number of carbonyl (C=O) groups excluding carboxylic acids is 2. The number of methoxy groups -OCH3 is 2. The molecule has 0 N–H and O–H groups in total. The number of ether oxygens (including phenoxy) is 2. The van der Waals surface area contributed by atoms with Crippen LogP contribution in [0.2, 0.25) is 0 Å². The lowest BCUT2D eigenvalue weighted by Gasteiger charge is -2.08. The first kappa shape index (κ1) is 19.4. The molecule has 0 atom stereocenters. The quantitative estimate of drug-likeness (QED) is 0.177. The van der Waals surface area contributed by atoms with Crippen LogP contribution in [0.3, 0.4) is 0 Å². The van der Waals surface area contributed by atoms with Gasteiger partial charge in [0.1, 0.15) is 11.3 Å². The van der Waals surface area contributed by atoms with Crippen molar-refractivity contribution in [2.45, 2.75) is 0 Å². The number of benzene rings is 1. The molecule has 0 aliphatic heterocycles. The summed E-state index contributed by atoms with van der Waals surface area (Å²) in [7, 11) is -0.884. The van der Waals surface area contributed by atoms with Gasteiger partial charge in [-0.05, 0) is 0 Å². The molecule has 24 heavy (non-hydrogen) atoms. The first-order valence-corrected chi connectivity index (χ1v) is 8.66. The van der Waals surface area contributed by atoms with Crippen molar-refractivity contribution in [1.82, 2.24) is 0 Å². The average molecular weight is 355 g/mol. The molecule has 0 bridgehead atoms. The summed E-state index contributed by atoms with van der Waals surface area (Å²) in [5, 5.41) is 3.45. The lowest BCUT2D eigenvalue weighted by atomic mass is 10.0. The second kappa shape index (κ2) is 8.82. The summed E-state index contributed by atoms with van der Waals surface area (Å²) < 4.78 is 31.5. The lowest BCUT2D eigenvalue weighted by molar-refractivity contribution is -0.140. The Kier molecular flexibility index (Phi) is 7.12. The smallest absolute Gasteiger partial charge is 0.349 e. The maximum Gasteiger partial charge on any atom is 0.349 e. The van der Waals surface area contributed by atoms with Gasteiger partial charge < -0.3 is 14.3 Å². The van der Waals surface area contributed by atoms with Crippen molar-refractivity contribution in [1.29, 1.82) is 0 Å². The van der Waals surface area contributed by atoms with Crippen LogP contribution < -0.4 is 0 Å².